The van der Waals surface area contributed by atoms with Crippen molar-refractivity contribution in [3.05, 3.63) is 0 Å². The second-order valence-corrected chi connectivity index (χ2v) is 5.34. The maximum absolute atomic E-state index is 11.1. The first-order chi connectivity index (χ1) is 7.04. The van der Waals surface area contributed by atoms with E-state index in [9.17, 15) is 4.79 Å². The first-order valence-electron chi connectivity index (χ1n) is 6.26. The van der Waals surface area contributed by atoms with Gasteiger partial charge in [0.25, 0.3) is 0 Å². The van der Waals surface area contributed by atoms with E-state index in [1.165, 1.54) is 25.7 Å². The standard InChI is InChI=1S/C13H24O2/c1-9(2)11-7-5-4-6-8-12(11)10(3)13(14)15/h9-12H,4-8H2,1-3H3,(H,14,15). The predicted molar refractivity (Wildman–Crippen MR) is 61.7 cm³/mol. The lowest BCUT2D eigenvalue weighted by Gasteiger charge is -2.31. The van der Waals surface area contributed by atoms with Gasteiger partial charge >= 0.3 is 5.97 Å². The largest absolute Gasteiger partial charge is 0.481 e. The summed E-state index contributed by atoms with van der Waals surface area (Å²) in [5.74, 6) is 0.835. The molecule has 0 aliphatic heterocycles. The Labute approximate surface area is 93.1 Å². The average Bonchev–Trinajstić information content (AvgIpc) is 2.40. The molecule has 0 aromatic rings. The van der Waals surface area contributed by atoms with E-state index in [0.29, 0.717) is 17.8 Å². The Bertz CT molecular complexity index is 211. The van der Waals surface area contributed by atoms with Crippen molar-refractivity contribution in [1.82, 2.24) is 0 Å². The fraction of sp³-hybridized carbons (Fsp3) is 0.923. The van der Waals surface area contributed by atoms with E-state index in [0.717, 1.165) is 6.42 Å². The monoisotopic (exact) mass is 212 g/mol. The van der Waals surface area contributed by atoms with Crippen LogP contribution in [0.1, 0.15) is 52.9 Å². The molecule has 0 aromatic heterocycles. The zero-order chi connectivity index (χ0) is 11.4. The van der Waals surface area contributed by atoms with Crippen molar-refractivity contribution in [3.63, 3.8) is 0 Å². The van der Waals surface area contributed by atoms with Crippen LogP contribution in [0.2, 0.25) is 0 Å². The Kier molecular flexibility index (Phi) is 4.62. The highest BCUT2D eigenvalue weighted by Gasteiger charge is 2.33. The minimum Gasteiger partial charge on any atom is -0.481 e. The summed E-state index contributed by atoms with van der Waals surface area (Å²) in [7, 11) is 0. The van der Waals surface area contributed by atoms with Gasteiger partial charge in [-0.2, -0.15) is 0 Å². The fourth-order valence-electron chi connectivity index (χ4n) is 3.00. The van der Waals surface area contributed by atoms with E-state index in [2.05, 4.69) is 13.8 Å². The third-order valence-electron chi connectivity index (χ3n) is 4.01. The number of carboxylic acid groups (broad SMARTS) is 1. The Balaban J connectivity index is 2.74. The summed E-state index contributed by atoms with van der Waals surface area (Å²) in [5, 5.41) is 9.13. The minimum absolute atomic E-state index is 0.171. The first kappa shape index (κ1) is 12.5. The lowest BCUT2D eigenvalue weighted by Crippen LogP contribution is -2.29. The summed E-state index contributed by atoms with van der Waals surface area (Å²) in [4.78, 5) is 11.1. The highest BCUT2D eigenvalue weighted by atomic mass is 16.4. The molecule has 0 radical (unpaired) electrons. The summed E-state index contributed by atoms with van der Waals surface area (Å²) >= 11 is 0. The molecule has 0 bridgehead atoms. The van der Waals surface area contributed by atoms with E-state index in [4.69, 9.17) is 5.11 Å². The van der Waals surface area contributed by atoms with Crippen LogP contribution in [0.3, 0.4) is 0 Å². The molecule has 0 saturated heterocycles. The fourth-order valence-corrected chi connectivity index (χ4v) is 3.00. The second kappa shape index (κ2) is 5.53. The molecule has 0 amide bonds. The van der Waals surface area contributed by atoms with Gasteiger partial charge in [-0.25, -0.2) is 0 Å². The van der Waals surface area contributed by atoms with Gasteiger partial charge < -0.3 is 5.11 Å². The van der Waals surface area contributed by atoms with E-state index in [1.807, 2.05) is 6.92 Å². The summed E-state index contributed by atoms with van der Waals surface area (Å²) in [6.07, 6.45) is 6.11. The quantitative estimate of drug-likeness (QED) is 0.726. The molecule has 88 valence electrons. The van der Waals surface area contributed by atoms with Crippen molar-refractivity contribution < 1.29 is 9.90 Å². The lowest BCUT2D eigenvalue weighted by molar-refractivity contribution is -0.144. The maximum atomic E-state index is 11.1. The van der Waals surface area contributed by atoms with Gasteiger partial charge in [-0.05, 0) is 30.6 Å². The summed E-state index contributed by atoms with van der Waals surface area (Å²) in [6, 6.07) is 0. The van der Waals surface area contributed by atoms with Crippen LogP contribution in [-0.4, -0.2) is 11.1 Å². The normalized spacial score (nSPS) is 29.9. The van der Waals surface area contributed by atoms with Gasteiger partial charge in [0.05, 0.1) is 5.92 Å². The zero-order valence-corrected chi connectivity index (χ0v) is 10.2. The molecule has 15 heavy (non-hydrogen) atoms. The predicted octanol–water partition coefficient (Wildman–Crippen LogP) is 3.56. The molecule has 1 rings (SSSR count). The van der Waals surface area contributed by atoms with Crippen molar-refractivity contribution in [1.29, 1.82) is 0 Å². The molecular formula is C13H24O2. The second-order valence-electron chi connectivity index (χ2n) is 5.34. The van der Waals surface area contributed by atoms with Crippen LogP contribution >= 0.6 is 0 Å². The lowest BCUT2D eigenvalue weighted by atomic mass is 9.74. The molecule has 1 saturated carbocycles. The summed E-state index contributed by atoms with van der Waals surface area (Å²) in [6.45, 7) is 6.35. The molecule has 0 heterocycles. The van der Waals surface area contributed by atoms with Crippen molar-refractivity contribution in [3.8, 4) is 0 Å². The van der Waals surface area contributed by atoms with Crippen LogP contribution in [-0.2, 0) is 4.79 Å². The zero-order valence-electron chi connectivity index (χ0n) is 10.2. The molecular weight excluding hydrogens is 188 g/mol. The van der Waals surface area contributed by atoms with E-state index in [-0.39, 0.29) is 5.92 Å². The van der Waals surface area contributed by atoms with Gasteiger partial charge in [0.15, 0.2) is 0 Å². The Morgan fingerprint density at radius 3 is 2.07 bits per heavy atom. The number of rotatable bonds is 3. The van der Waals surface area contributed by atoms with Crippen molar-refractivity contribution >= 4 is 5.97 Å². The number of hydrogen-bond donors (Lipinski definition) is 1. The Hall–Kier alpha value is -0.530. The van der Waals surface area contributed by atoms with Gasteiger partial charge in [-0.3, -0.25) is 4.79 Å². The summed E-state index contributed by atoms with van der Waals surface area (Å²) < 4.78 is 0. The van der Waals surface area contributed by atoms with E-state index < -0.39 is 5.97 Å². The van der Waals surface area contributed by atoms with Crippen LogP contribution in [0.25, 0.3) is 0 Å². The van der Waals surface area contributed by atoms with Crippen molar-refractivity contribution in [2.24, 2.45) is 23.7 Å². The maximum Gasteiger partial charge on any atom is 0.306 e. The molecule has 3 unspecified atom stereocenters. The Morgan fingerprint density at radius 2 is 1.60 bits per heavy atom. The number of hydrogen-bond acceptors (Lipinski definition) is 1. The van der Waals surface area contributed by atoms with Gasteiger partial charge in [-0.15, -0.1) is 0 Å². The molecule has 1 aliphatic rings. The van der Waals surface area contributed by atoms with Gasteiger partial charge in [0.1, 0.15) is 0 Å². The molecule has 0 spiro atoms. The van der Waals surface area contributed by atoms with Crippen molar-refractivity contribution in [2.45, 2.75) is 52.9 Å². The van der Waals surface area contributed by atoms with Crippen LogP contribution in [0, 0.1) is 23.7 Å². The first-order valence-corrected chi connectivity index (χ1v) is 6.26. The molecule has 0 aromatic carbocycles. The third kappa shape index (κ3) is 3.22. The molecule has 2 nitrogen and oxygen atoms in total. The minimum atomic E-state index is -0.618. The Morgan fingerprint density at radius 1 is 1.07 bits per heavy atom. The molecule has 3 atom stereocenters. The third-order valence-corrected chi connectivity index (χ3v) is 4.01. The molecule has 1 N–H and O–H groups in total. The molecule has 1 aliphatic carbocycles. The number of aliphatic carboxylic acids is 1. The van der Waals surface area contributed by atoms with Crippen LogP contribution in [0.5, 0.6) is 0 Å². The smallest absolute Gasteiger partial charge is 0.306 e. The van der Waals surface area contributed by atoms with Gasteiger partial charge in [0, 0.05) is 0 Å². The number of carboxylic acids is 1. The van der Waals surface area contributed by atoms with Crippen LogP contribution in [0.15, 0.2) is 0 Å². The van der Waals surface area contributed by atoms with Gasteiger partial charge in [-0.1, -0.05) is 40.0 Å². The highest BCUT2D eigenvalue weighted by Crippen LogP contribution is 2.38. The van der Waals surface area contributed by atoms with Crippen LogP contribution in [0.4, 0.5) is 0 Å². The van der Waals surface area contributed by atoms with Crippen LogP contribution < -0.4 is 0 Å². The summed E-state index contributed by atoms with van der Waals surface area (Å²) in [5.41, 5.74) is 0. The topological polar surface area (TPSA) is 37.3 Å². The average molecular weight is 212 g/mol. The van der Waals surface area contributed by atoms with Gasteiger partial charge in [0.2, 0.25) is 0 Å². The van der Waals surface area contributed by atoms with E-state index in [1.54, 1.807) is 0 Å². The molecule has 2 heteroatoms. The molecule has 1 fully saturated rings. The SMILES string of the molecule is CC(C)C1CCCCCC1C(C)C(=O)O. The number of carbonyl (C=O) groups is 1. The van der Waals surface area contributed by atoms with Crippen molar-refractivity contribution in [2.75, 3.05) is 0 Å². The highest BCUT2D eigenvalue weighted by molar-refractivity contribution is 5.69. The van der Waals surface area contributed by atoms with E-state index >= 15 is 0 Å².